The number of oxime groups is 1. The number of nitrogens with one attached hydrogen (secondary N) is 4. The summed E-state index contributed by atoms with van der Waals surface area (Å²) in [5.74, 6) is -4.96. The van der Waals surface area contributed by atoms with Gasteiger partial charge >= 0.3 is 7.82 Å². The van der Waals surface area contributed by atoms with E-state index in [9.17, 15) is 52.6 Å². The molecule has 25 heteroatoms. The number of likely N-dealkylation sites (tertiary alicyclic amines) is 1. The Morgan fingerprint density at radius 3 is 2.31 bits per heavy atom. The van der Waals surface area contributed by atoms with Crippen molar-refractivity contribution in [1.82, 2.24) is 40.9 Å². The Balaban J connectivity index is 1.41. The van der Waals surface area contributed by atoms with E-state index in [1.807, 2.05) is 13.8 Å². The van der Waals surface area contributed by atoms with Gasteiger partial charge in [0.15, 0.2) is 5.76 Å². The SMILES string of the molecule is CC(=O)N1CCC[C@H]1C(=O)N[C@@H](CC(C)C)C(=O)N[C@@H](Cc1cncn1CCCCCCO/N=C/c1cc(-c2ccc(F)cc2)on1)C(=O)N[C@@H](CO)C(=O)N[C@H](C(N)=O)[C@@H](C)OP(=O)(O)O. The van der Waals surface area contributed by atoms with Crippen molar-refractivity contribution in [3.63, 3.8) is 0 Å². The average molecular weight is 963 g/mol. The molecule has 6 atom stereocenters. The van der Waals surface area contributed by atoms with Gasteiger partial charge in [0.05, 0.1) is 25.3 Å². The molecule has 368 valence electrons. The maximum absolute atomic E-state index is 14.0. The van der Waals surface area contributed by atoms with Crippen LogP contribution in [0.2, 0.25) is 0 Å². The highest BCUT2D eigenvalue weighted by Gasteiger charge is 2.37. The molecule has 1 aromatic carbocycles. The fourth-order valence-electron chi connectivity index (χ4n) is 7.26. The van der Waals surface area contributed by atoms with Gasteiger partial charge in [-0.05, 0) is 75.6 Å². The molecule has 1 aliphatic heterocycles. The molecular formula is C42H60FN10O13P. The molecule has 6 amide bonds. The van der Waals surface area contributed by atoms with E-state index in [2.05, 4.69) is 41.1 Å². The summed E-state index contributed by atoms with van der Waals surface area (Å²) in [5.41, 5.74) is 6.93. The van der Waals surface area contributed by atoms with Gasteiger partial charge in [0, 0.05) is 50.0 Å². The topological polar surface area (TPSA) is 332 Å². The fourth-order valence-corrected chi connectivity index (χ4v) is 7.82. The van der Waals surface area contributed by atoms with Gasteiger partial charge in [-0.2, -0.15) is 0 Å². The molecule has 1 fully saturated rings. The summed E-state index contributed by atoms with van der Waals surface area (Å²) in [6, 6.07) is 0.489. The van der Waals surface area contributed by atoms with Crippen molar-refractivity contribution >= 4 is 49.5 Å². The first-order chi connectivity index (χ1) is 31.8. The highest BCUT2D eigenvalue weighted by Crippen LogP contribution is 2.38. The van der Waals surface area contributed by atoms with Crippen molar-refractivity contribution in [2.45, 2.75) is 122 Å². The number of aromatic nitrogens is 3. The third-order valence-electron chi connectivity index (χ3n) is 10.6. The zero-order valence-electron chi connectivity index (χ0n) is 37.7. The summed E-state index contributed by atoms with van der Waals surface area (Å²) in [7, 11) is -5.13. The minimum absolute atomic E-state index is 0.114. The predicted molar refractivity (Wildman–Crippen MR) is 236 cm³/mol. The zero-order chi connectivity index (χ0) is 49.3. The van der Waals surface area contributed by atoms with E-state index < -0.39 is 80.3 Å². The zero-order valence-corrected chi connectivity index (χ0v) is 38.6. The summed E-state index contributed by atoms with van der Waals surface area (Å²) < 4.78 is 36.2. The van der Waals surface area contributed by atoms with Crippen molar-refractivity contribution in [1.29, 1.82) is 0 Å². The van der Waals surface area contributed by atoms with E-state index in [0.717, 1.165) is 19.8 Å². The van der Waals surface area contributed by atoms with Crippen LogP contribution >= 0.6 is 7.82 Å². The summed E-state index contributed by atoms with van der Waals surface area (Å²) >= 11 is 0. The maximum Gasteiger partial charge on any atom is 0.469 e. The second kappa shape index (κ2) is 25.7. The number of carbonyl (C=O) groups excluding carboxylic acids is 6. The molecule has 2 aromatic heterocycles. The van der Waals surface area contributed by atoms with Crippen molar-refractivity contribution < 1.29 is 66.5 Å². The van der Waals surface area contributed by atoms with Gasteiger partial charge in [0.25, 0.3) is 0 Å². The third kappa shape index (κ3) is 17.3. The Morgan fingerprint density at radius 1 is 0.985 bits per heavy atom. The van der Waals surface area contributed by atoms with Gasteiger partial charge in [-0.3, -0.25) is 33.3 Å². The summed E-state index contributed by atoms with van der Waals surface area (Å²) in [4.78, 5) is 109. The molecule has 0 bridgehead atoms. The van der Waals surface area contributed by atoms with Crippen molar-refractivity contribution in [2.75, 3.05) is 19.8 Å². The number of phosphoric ester groups is 1. The molecule has 0 aliphatic carbocycles. The number of aliphatic hydroxyl groups excluding tert-OH is 1. The number of halogens is 1. The van der Waals surface area contributed by atoms with Gasteiger partial charge in [0.2, 0.25) is 35.4 Å². The number of phosphoric acid groups is 1. The van der Waals surface area contributed by atoms with Crippen LogP contribution in [0.4, 0.5) is 4.39 Å². The second-order valence-electron chi connectivity index (χ2n) is 16.4. The first-order valence-corrected chi connectivity index (χ1v) is 23.3. The molecule has 0 spiro atoms. The van der Waals surface area contributed by atoms with Crippen LogP contribution in [-0.2, 0) is 55.7 Å². The quantitative estimate of drug-likeness (QED) is 0.0227. The Kier molecular flexibility index (Phi) is 20.6. The third-order valence-corrected chi connectivity index (χ3v) is 11.2. The van der Waals surface area contributed by atoms with E-state index >= 15 is 0 Å². The van der Waals surface area contributed by atoms with Gasteiger partial charge in [-0.1, -0.05) is 30.6 Å². The molecule has 0 radical (unpaired) electrons. The van der Waals surface area contributed by atoms with Gasteiger partial charge in [-0.15, -0.1) is 0 Å². The van der Waals surface area contributed by atoms with Crippen molar-refractivity contribution in [3.05, 3.63) is 60.1 Å². The van der Waals surface area contributed by atoms with Crippen LogP contribution in [0.25, 0.3) is 11.3 Å². The lowest BCUT2D eigenvalue weighted by molar-refractivity contribution is -0.139. The molecular weight excluding hydrogens is 902 g/mol. The summed E-state index contributed by atoms with van der Waals surface area (Å²) in [6.07, 6.45) is 6.70. The van der Waals surface area contributed by atoms with E-state index in [-0.39, 0.29) is 30.5 Å². The fraction of sp³-hybridized carbons (Fsp3) is 0.548. The molecule has 3 aromatic rings. The number of hydrogen-bond acceptors (Lipinski definition) is 14. The molecule has 4 rings (SSSR count). The number of unbranched alkanes of at least 4 members (excludes halogenated alkanes) is 3. The van der Waals surface area contributed by atoms with Crippen LogP contribution in [-0.4, -0.2) is 132 Å². The number of nitrogens with zero attached hydrogens (tertiary/aromatic N) is 5. The van der Waals surface area contributed by atoms with Crippen molar-refractivity contribution in [2.24, 2.45) is 16.8 Å². The lowest BCUT2D eigenvalue weighted by Crippen LogP contribution is -2.61. The lowest BCUT2D eigenvalue weighted by atomic mass is 10.0. The Bertz CT molecular complexity index is 2220. The Hall–Kier alpha value is -6.07. The Labute approximate surface area is 386 Å². The van der Waals surface area contributed by atoms with Gasteiger partial charge in [0.1, 0.15) is 48.3 Å². The molecule has 0 saturated carbocycles. The first kappa shape index (κ1) is 53.5. The van der Waals surface area contributed by atoms with E-state index in [0.29, 0.717) is 68.1 Å². The van der Waals surface area contributed by atoms with Crippen LogP contribution in [0.3, 0.4) is 0 Å². The summed E-state index contributed by atoms with van der Waals surface area (Å²) in [5, 5.41) is 27.9. The number of carbonyl (C=O) groups is 6. The molecule has 0 unspecified atom stereocenters. The van der Waals surface area contributed by atoms with Crippen LogP contribution in [0.15, 0.2) is 52.5 Å². The number of aliphatic hydroxyl groups is 1. The monoisotopic (exact) mass is 962 g/mol. The first-order valence-electron chi connectivity index (χ1n) is 21.8. The molecule has 23 nitrogen and oxygen atoms in total. The molecule has 1 aliphatic rings. The van der Waals surface area contributed by atoms with E-state index in [1.165, 1.54) is 36.4 Å². The number of nitrogens with two attached hydrogens (primary N) is 1. The van der Waals surface area contributed by atoms with Crippen LogP contribution in [0.5, 0.6) is 0 Å². The summed E-state index contributed by atoms with van der Waals surface area (Å²) in [6.45, 7) is 6.24. The number of benzene rings is 1. The highest BCUT2D eigenvalue weighted by molar-refractivity contribution is 7.46. The number of aryl methyl sites for hydroxylation is 1. The molecule has 3 heterocycles. The van der Waals surface area contributed by atoms with Crippen molar-refractivity contribution in [3.8, 4) is 11.3 Å². The van der Waals surface area contributed by atoms with Crippen LogP contribution in [0, 0.1) is 11.7 Å². The minimum Gasteiger partial charge on any atom is -0.396 e. The van der Waals surface area contributed by atoms with E-state index in [1.54, 1.807) is 29.1 Å². The van der Waals surface area contributed by atoms with Gasteiger partial charge < -0.3 is 60.7 Å². The highest BCUT2D eigenvalue weighted by atomic mass is 31.2. The molecule has 9 N–H and O–H groups in total. The standard InChI is InChI=1S/C42H60FN10O13P/c1-25(2)18-32(48-42(60)35-10-9-16-53(35)27(4)55)39(57)47-33(40(58)49-34(23-54)41(59)50-37(38(44)56)26(3)66-67(61,62)63)20-31-22-45-24-52(31)15-7-5-6-8-17-64-46-21-30-19-36(65-51-30)28-11-13-29(43)14-12-28/h11-14,19,21-22,24-26,32-35,37,54H,5-10,15-18,20,23H2,1-4H3,(H2,44,56)(H,47,57)(H,48,60)(H,49,58)(H,50,59)(H2,61,62,63)/b46-21+/t26-,32+,33+,34+,35+,37+/m1/s1. The van der Waals surface area contributed by atoms with Crippen LogP contribution in [0.1, 0.15) is 84.0 Å². The van der Waals surface area contributed by atoms with Gasteiger partial charge in [-0.25, -0.2) is 13.9 Å². The van der Waals surface area contributed by atoms with E-state index in [4.69, 9.17) is 15.1 Å². The number of primary amides is 1. The number of hydrogen-bond donors (Lipinski definition) is 8. The lowest BCUT2D eigenvalue weighted by Gasteiger charge is -2.28. The average Bonchev–Trinajstić information content (AvgIpc) is 4.05. The normalized spacial score (nSPS) is 16.3. The second-order valence-corrected chi connectivity index (χ2v) is 17.6. The molecule has 67 heavy (non-hydrogen) atoms. The largest absolute Gasteiger partial charge is 0.469 e. The minimum atomic E-state index is -5.13. The Morgan fingerprint density at radius 2 is 1.66 bits per heavy atom. The number of rotatable bonds is 27. The predicted octanol–water partition coefficient (Wildman–Crippen LogP) is 0.802. The smallest absolute Gasteiger partial charge is 0.396 e. The number of amides is 6. The van der Waals surface area contributed by atoms with Crippen LogP contribution < -0.4 is 27.0 Å². The number of imidazole rings is 1. The maximum atomic E-state index is 14.0. The molecule has 1 saturated heterocycles.